The molecule has 102 valence electrons. The van der Waals surface area contributed by atoms with Crippen LogP contribution in [0, 0.1) is 0 Å². The molecule has 0 aliphatic carbocycles. The number of alkyl halides is 3. The summed E-state index contributed by atoms with van der Waals surface area (Å²) in [5, 5.41) is 3.03. The molecular weight excluding hydrogens is 267 g/mol. The SMILES string of the molecule is CCC(C)Nc1ccc(S(=O)(=O)C(F)(F)F)cc1. The van der Waals surface area contributed by atoms with E-state index in [2.05, 4.69) is 5.32 Å². The van der Waals surface area contributed by atoms with Crippen molar-refractivity contribution in [2.75, 3.05) is 5.32 Å². The smallest absolute Gasteiger partial charge is 0.383 e. The van der Waals surface area contributed by atoms with Crippen molar-refractivity contribution in [3.05, 3.63) is 24.3 Å². The van der Waals surface area contributed by atoms with Crippen molar-refractivity contribution >= 4 is 15.5 Å². The standard InChI is InChI=1S/C11H14F3NO2S/c1-3-8(2)15-9-4-6-10(7-5-9)18(16,17)11(12,13)14/h4-8,15H,3H2,1-2H3. The molecule has 0 aromatic heterocycles. The van der Waals surface area contributed by atoms with Crippen molar-refractivity contribution in [3.8, 4) is 0 Å². The first kappa shape index (κ1) is 14.8. The van der Waals surface area contributed by atoms with E-state index in [1.165, 1.54) is 12.1 Å². The number of nitrogens with one attached hydrogen (secondary N) is 1. The van der Waals surface area contributed by atoms with E-state index >= 15 is 0 Å². The number of sulfone groups is 1. The highest BCUT2D eigenvalue weighted by molar-refractivity contribution is 7.92. The Hall–Kier alpha value is -1.24. The lowest BCUT2D eigenvalue weighted by Crippen LogP contribution is -2.23. The minimum Gasteiger partial charge on any atom is -0.383 e. The van der Waals surface area contributed by atoms with Crippen LogP contribution in [0.3, 0.4) is 0 Å². The van der Waals surface area contributed by atoms with E-state index in [9.17, 15) is 21.6 Å². The highest BCUT2D eigenvalue weighted by Crippen LogP contribution is 2.30. The number of anilines is 1. The van der Waals surface area contributed by atoms with Gasteiger partial charge in [0.05, 0.1) is 4.90 Å². The molecule has 3 nitrogen and oxygen atoms in total. The minimum absolute atomic E-state index is 0.162. The van der Waals surface area contributed by atoms with Gasteiger partial charge < -0.3 is 5.32 Å². The third-order valence-corrected chi connectivity index (χ3v) is 4.00. The van der Waals surface area contributed by atoms with E-state index < -0.39 is 20.2 Å². The van der Waals surface area contributed by atoms with Crippen LogP contribution in [0.15, 0.2) is 29.2 Å². The predicted molar refractivity (Wildman–Crippen MR) is 63.1 cm³/mol. The molecule has 1 aromatic carbocycles. The predicted octanol–water partition coefficient (Wildman–Crippen LogP) is 3.19. The lowest BCUT2D eigenvalue weighted by atomic mass is 10.2. The highest BCUT2D eigenvalue weighted by Gasteiger charge is 2.46. The van der Waals surface area contributed by atoms with E-state index in [1.807, 2.05) is 13.8 Å². The van der Waals surface area contributed by atoms with Gasteiger partial charge in [-0.05, 0) is 37.6 Å². The summed E-state index contributed by atoms with van der Waals surface area (Å²) in [5.41, 5.74) is -4.68. The van der Waals surface area contributed by atoms with Crippen molar-refractivity contribution < 1.29 is 21.6 Å². The van der Waals surface area contributed by atoms with E-state index in [4.69, 9.17) is 0 Å². The van der Waals surface area contributed by atoms with Gasteiger partial charge in [-0.3, -0.25) is 0 Å². The van der Waals surface area contributed by atoms with Crippen molar-refractivity contribution in [3.63, 3.8) is 0 Å². The normalized spacial score (nSPS) is 14.3. The fourth-order valence-corrected chi connectivity index (χ4v) is 2.01. The molecule has 0 saturated heterocycles. The van der Waals surface area contributed by atoms with Crippen LogP contribution in [-0.2, 0) is 9.84 Å². The van der Waals surface area contributed by atoms with Gasteiger partial charge in [-0.25, -0.2) is 8.42 Å². The van der Waals surface area contributed by atoms with Gasteiger partial charge in [-0.2, -0.15) is 13.2 Å². The van der Waals surface area contributed by atoms with Crippen LogP contribution >= 0.6 is 0 Å². The van der Waals surface area contributed by atoms with Crippen LogP contribution in [0.5, 0.6) is 0 Å². The summed E-state index contributed by atoms with van der Waals surface area (Å²) in [6.07, 6.45) is 0.850. The van der Waals surface area contributed by atoms with Gasteiger partial charge in [0.15, 0.2) is 0 Å². The molecule has 7 heteroatoms. The summed E-state index contributed by atoms with van der Waals surface area (Å²) in [4.78, 5) is -0.746. The Kier molecular flexibility index (Phi) is 4.26. The molecule has 1 aromatic rings. The Morgan fingerprint density at radius 1 is 1.22 bits per heavy atom. The number of benzene rings is 1. The molecule has 0 heterocycles. The topological polar surface area (TPSA) is 46.2 Å². The molecule has 0 bridgehead atoms. The second-order valence-electron chi connectivity index (χ2n) is 3.93. The molecule has 1 rings (SSSR count). The van der Waals surface area contributed by atoms with Gasteiger partial charge in [0, 0.05) is 11.7 Å². The number of halogens is 3. The monoisotopic (exact) mass is 281 g/mol. The Morgan fingerprint density at radius 3 is 2.11 bits per heavy atom. The molecule has 0 amide bonds. The molecule has 0 radical (unpaired) electrons. The minimum atomic E-state index is -5.27. The van der Waals surface area contributed by atoms with Crippen LogP contribution in [0.1, 0.15) is 20.3 Å². The largest absolute Gasteiger partial charge is 0.501 e. The number of hydrogen-bond acceptors (Lipinski definition) is 3. The lowest BCUT2D eigenvalue weighted by molar-refractivity contribution is -0.0436. The van der Waals surface area contributed by atoms with E-state index in [1.54, 1.807) is 0 Å². The van der Waals surface area contributed by atoms with E-state index in [-0.39, 0.29) is 6.04 Å². The number of hydrogen-bond donors (Lipinski definition) is 1. The average Bonchev–Trinajstić information content (AvgIpc) is 2.28. The zero-order valence-corrected chi connectivity index (χ0v) is 10.8. The molecule has 0 aliphatic rings. The first-order chi connectivity index (χ1) is 8.18. The molecule has 0 fully saturated rings. The lowest BCUT2D eigenvalue weighted by Gasteiger charge is -2.13. The van der Waals surface area contributed by atoms with Gasteiger partial charge in [0.25, 0.3) is 9.84 Å². The molecule has 0 spiro atoms. The van der Waals surface area contributed by atoms with Crippen molar-refractivity contribution in [2.24, 2.45) is 0 Å². The van der Waals surface area contributed by atoms with Crippen LogP contribution in [0.2, 0.25) is 0 Å². The molecule has 1 unspecified atom stereocenters. The Morgan fingerprint density at radius 2 is 1.72 bits per heavy atom. The van der Waals surface area contributed by atoms with Gasteiger partial charge in [0.1, 0.15) is 0 Å². The maximum Gasteiger partial charge on any atom is 0.501 e. The van der Waals surface area contributed by atoms with Crippen LogP contribution in [0.25, 0.3) is 0 Å². The zero-order valence-electron chi connectivity index (χ0n) is 9.95. The summed E-state index contributed by atoms with van der Waals surface area (Å²) in [6, 6.07) is 4.71. The third-order valence-electron chi connectivity index (χ3n) is 2.49. The maximum atomic E-state index is 12.3. The Labute approximate surface area is 104 Å². The first-order valence-electron chi connectivity index (χ1n) is 5.36. The van der Waals surface area contributed by atoms with E-state index in [0.29, 0.717) is 5.69 Å². The second kappa shape index (κ2) is 5.17. The summed E-state index contributed by atoms with van der Waals surface area (Å²) in [7, 11) is -5.26. The fourth-order valence-electron chi connectivity index (χ4n) is 1.25. The highest BCUT2D eigenvalue weighted by atomic mass is 32.2. The Balaban J connectivity index is 2.97. The quantitative estimate of drug-likeness (QED) is 0.922. The van der Waals surface area contributed by atoms with Gasteiger partial charge in [-0.15, -0.1) is 0 Å². The van der Waals surface area contributed by atoms with Crippen LogP contribution in [-0.4, -0.2) is 20.0 Å². The summed E-state index contributed by atoms with van der Waals surface area (Å²) < 4.78 is 59.0. The fraction of sp³-hybridized carbons (Fsp3) is 0.455. The van der Waals surface area contributed by atoms with Crippen molar-refractivity contribution in [2.45, 2.75) is 36.7 Å². The van der Waals surface area contributed by atoms with Crippen LogP contribution < -0.4 is 5.32 Å². The Bertz CT molecular complexity index is 494. The van der Waals surface area contributed by atoms with Crippen molar-refractivity contribution in [1.82, 2.24) is 0 Å². The molecule has 1 N–H and O–H groups in total. The maximum absolute atomic E-state index is 12.3. The average molecular weight is 281 g/mol. The summed E-state index contributed by atoms with van der Waals surface area (Å²) in [5.74, 6) is 0. The third kappa shape index (κ3) is 3.16. The van der Waals surface area contributed by atoms with Crippen molar-refractivity contribution in [1.29, 1.82) is 0 Å². The molecule has 0 aliphatic heterocycles. The van der Waals surface area contributed by atoms with Gasteiger partial charge in [0.2, 0.25) is 0 Å². The molecule has 0 saturated carbocycles. The number of rotatable bonds is 4. The summed E-state index contributed by atoms with van der Waals surface area (Å²) in [6.45, 7) is 3.88. The first-order valence-corrected chi connectivity index (χ1v) is 6.84. The van der Waals surface area contributed by atoms with Gasteiger partial charge >= 0.3 is 5.51 Å². The zero-order chi connectivity index (χ0) is 14.0. The summed E-state index contributed by atoms with van der Waals surface area (Å²) >= 11 is 0. The van der Waals surface area contributed by atoms with Crippen LogP contribution in [0.4, 0.5) is 18.9 Å². The molecular formula is C11H14F3NO2S. The molecule has 1 atom stereocenters. The van der Waals surface area contributed by atoms with Gasteiger partial charge in [-0.1, -0.05) is 6.92 Å². The van der Waals surface area contributed by atoms with E-state index in [0.717, 1.165) is 18.6 Å². The molecule has 18 heavy (non-hydrogen) atoms. The second-order valence-corrected chi connectivity index (χ2v) is 5.87.